The molecule has 1 heterocycles. The Hall–Kier alpha value is -1.92. The molecule has 0 saturated heterocycles. The molecule has 1 aliphatic rings. The Morgan fingerprint density at radius 3 is 2.59 bits per heavy atom. The zero-order valence-corrected chi connectivity index (χ0v) is 13.8. The average molecular weight is 320 g/mol. The van der Waals surface area contributed by atoms with E-state index in [-0.39, 0.29) is 12.0 Å². The summed E-state index contributed by atoms with van der Waals surface area (Å²) in [5.74, 6) is -0.358. The van der Waals surface area contributed by atoms with Crippen molar-refractivity contribution >= 4 is 23.3 Å². The number of benzene rings is 1. The molecular weight excluding hydrogens is 300 g/mol. The third kappa shape index (κ3) is 3.28. The summed E-state index contributed by atoms with van der Waals surface area (Å²) in [5, 5.41) is 3.81. The van der Waals surface area contributed by atoms with Gasteiger partial charge < -0.3 is 19.7 Å². The number of nitrogens with zero attached hydrogens (tertiary/aromatic N) is 1. The van der Waals surface area contributed by atoms with Gasteiger partial charge in [-0.05, 0) is 24.7 Å². The van der Waals surface area contributed by atoms with Crippen molar-refractivity contribution < 1.29 is 14.3 Å². The smallest absolute Gasteiger partial charge is 0.337 e. The fraction of sp³-hybridized carbons (Fsp3) is 0.375. The maximum Gasteiger partial charge on any atom is 0.337 e. The lowest BCUT2D eigenvalue weighted by Crippen LogP contribution is -2.48. The van der Waals surface area contributed by atoms with Crippen LogP contribution in [0.1, 0.15) is 18.5 Å². The molecule has 0 aliphatic carbocycles. The lowest BCUT2D eigenvalue weighted by Gasteiger charge is -2.37. The van der Waals surface area contributed by atoms with E-state index < -0.39 is 0 Å². The number of hydrogen-bond acceptors (Lipinski definition) is 4. The first-order chi connectivity index (χ1) is 10.6. The topological polar surface area (TPSA) is 50.8 Å². The van der Waals surface area contributed by atoms with E-state index >= 15 is 0 Å². The maximum absolute atomic E-state index is 12.3. The van der Waals surface area contributed by atoms with E-state index in [0.29, 0.717) is 23.8 Å². The number of carbonyl (C=O) groups is 1. The zero-order chi connectivity index (χ0) is 16.1. The molecule has 1 aromatic rings. The highest BCUT2D eigenvalue weighted by Crippen LogP contribution is 2.31. The normalized spacial score (nSPS) is 18.2. The molecule has 1 unspecified atom stereocenters. The van der Waals surface area contributed by atoms with Crippen LogP contribution in [0.2, 0.25) is 0 Å². The van der Waals surface area contributed by atoms with Crippen LogP contribution < -0.4 is 5.32 Å². The number of nitrogens with one attached hydrogen (secondary N) is 1. The second kappa shape index (κ2) is 7.38. The standard InChI is InChI=1S/C16H20N2O3S/c1-11-13(15(19)21-3)14(12-7-5-4-6-8-12)17-16(22)18(11)9-10-20-2/h4-8,14H,9-10H2,1-3H3,(H,17,22). The highest BCUT2D eigenvalue weighted by Gasteiger charge is 2.34. The molecule has 0 aromatic heterocycles. The number of esters is 1. The van der Waals surface area contributed by atoms with Crippen molar-refractivity contribution in [1.82, 2.24) is 10.2 Å². The fourth-order valence-corrected chi connectivity index (χ4v) is 2.85. The summed E-state index contributed by atoms with van der Waals surface area (Å²) >= 11 is 5.44. The number of methoxy groups -OCH3 is 2. The van der Waals surface area contributed by atoms with Crippen LogP contribution in [-0.4, -0.2) is 43.4 Å². The SMILES string of the molecule is COCCN1C(=S)NC(c2ccccc2)C(C(=O)OC)=C1C. The number of ether oxygens (including phenoxy) is 2. The van der Waals surface area contributed by atoms with Gasteiger partial charge in [-0.25, -0.2) is 4.79 Å². The van der Waals surface area contributed by atoms with Crippen molar-refractivity contribution in [3.05, 3.63) is 47.2 Å². The van der Waals surface area contributed by atoms with Crippen LogP contribution >= 0.6 is 12.2 Å². The van der Waals surface area contributed by atoms with Gasteiger partial charge in [0.05, 0.1) is 25.3 Å². The first kappa shape index (κ1) is 16.5. The largest absolute Gasteiger partial charge is 0.466 e. The summed E-state index contributed by atoms with van der Waals surface area (Å²) in [4.78, 5) is 14.1. The maximum atomic E-state index is 12.3. The van der Waals surface area contributed by atoms with Gasteiger partial charge in [-0.3, -0.25) is 0 Å². The molecular formula is C16H20N2O3S. The summed E-state index contributed by atoms with van der Waals surface area (Å²) in [6.07, 6.45) is 0. The van der Waals surface area contributed by atoms with Crippen LogP contribution in [0, 0.1) is 0 Å². The van der Waals surface area contributed by atoms with Gasteiger partial charge in [0.1, 0.15) is 0 Å². The minimum absolute atomic E-state index is 0.306. The van der Waals surface area contributed by atoms with Crippen molar-refractivity contribution in [1.29, 1.82) is 0 Å². The summed E-state index contributed by atoms with van der Waals surface area (Å²) in [7, 11) is 3.02. The molecule has 6 heteroatoms. The van der Waals surface area contributed by atoms with Crippen LogP contribution in [0.5, 0.6) is 0 Å². The predicted molar refractivity (Wildman–Crippen MR) is 88.2 cm³/mol. The van der Waals surface area contributed by atoms with Gasteiger partial charge in [-0.15, -0.1) is 0 Å². The molecule has 1 N–H and O–H groups in total. The fourth-order valence-electron chi connectivity index (χ4n) is 2.50. The number of allylic oxidation sites excluding steroid dienone is 1. The van der Waals surface area contributed by atoms with Crippen molar-refractivity contribution in [2.24, 2.45) is 0 Å². The molecule has 2 rings (SSSR count). The Labute approximate surface area is 135 Å². The Bertz CT molecular complexity index is 586. The van der Waals surface area contributed by atoms with Gasteiger partial charge in [0.15, 0.2) is 5.11 Å². The molecule has 0 radical (unpaired) electrons. The van der Waals surface area contributed by atoms with E-state index in [1.807, 2.05) is 42.2 Å². The third-order valence-corrected chi connectivity index (χ3v) is 3.99. The van der Waals surface area contributed by atoms with Crippen molar-refractivity contribution in [2.75, 3.05) is 27.4 Å². The Morgan fingerprint density at radius 1 is 1.32 bits per heavy atom. The van der Waals surface area contributed by atoms with Gasteiger partial charge in [0.25, 0.3) is 0 Å². The Balaban J connectivity index is 2.45. The minimum atomic E-state index is -0.358. The zero-order valence-electron chi connectivity index (χ0n) is 13.0. The van der Waals surface area contributed by atoms with E-state index in [2.05, 4.69) is 5.32 Å². The third-order valence-electron chi connectivity index (χ3n) is 3.65. The molecule has 0 bridgehead atoms. The number of rotatable bonds is 5. The average Bonchev–Trinajstić information content (AvgIpc) is 2.54. The van der Waals surface area contributed by atoms with Gasteiger partial charge >= 0.3 is 5.97 Å². The number of carbonyl (C=O) groups excluding carboxylic acids is 1. The second-order valence-corrected chi connectivity index (χ2v) is 5.31. The molecule has 1 atom stereocenters. The quantitative estimate of drug-likeness (QED) is 0.662. The highest BCUT2D eigenvalue weighted by molar-refractivity contribution is 7.80. The molecule has 118 valence electrons. The summed E-state index contributed by atoms with van der Waals surface area (Å²) in [6.45, 7) is 2.98. The predicted octanol–water partition coefficient (Wildman–Crippen LogP) is 2.01. The summed E-state index contributed by atoms with van der Waals surface area (Å²) < 4.78 is 10.1. The van der Waals surface area contributed by atoms with Crippen molar-refractivity contribution in [3.63, 3.8) is 0 Å². The molecule has 1 aromatic carbocycles. The number of hydrogen-bond donors (Lipinski definition) is 1. The lowest BCUT2D eigenvalue weighted by atomic mass is 9.95. The molecule has 0 amide bonds. The van der Waals surface area contributed by atoms with Gasteiger partial charge in [0.2, 0.25) is 0 Å². The lowest BCUT2D eigenvalue weighted by molar-refractivity contribution is -0.136. The van der Waals surface area contributed by atoms with E-state index in [0.717, 1.165) is 11.3 Å². The summed E-state index contributed by atoms with van der Waals surface area (Å²) in [6, 6.07) is 9.41. The van der Waals surface area contributed by atoms with Gasteiger partial charge in [0, 0.05) is 19.4 Å². The van der Waals surface area contributed by atoms with E-state index in [4.69, 9.17) is 21.7 Å². The summed E-state index contributed by atoms with van der Waals surface area (Å²) in [5.41, 5.74) is 2.33. The molecule has 5 nitrogen and oxygen atoms in total. The van der Waals surface area contributed by atoms with Gasteiger partial charge in [-0.2, -0.15) is 0 Å². The molecule has 0 saturated carbocycles. The molecule has 0 spiro atoms. The first-order valence-corrected chi connectivity index (χ1v) is 7.42. The molecule has 0 fully saturated rings. The molecule has 1 aliphatic heterocycles. The van der Waals surface area contributed by atoms with Crippen molar-refractivity contribution in [3.8, 4) is 0 Å². The van der Waals surface area contributed by atoms with Crippen LogP contribution in [0.4, 0.5) is 0 Å². The first-order valence-electron chi connectivity index (χ1n) is 7.01. The van der Waals surface area contributed by atoms with Crippen LogP contribution in [0.15, 0.2) is 41.6 Å². The van der Waals surface area contributed by atoms with Crippen LogP contribution in [0.25, 0.3) is 0 Å². The monoisotopic (exact) mass is 320 g/mol. The van der Waals surface area contributed by atoms with E-state index in [1.165, 1.54) is 7.11 Å². The van der Waals surface area contributed by atoms with E-state index in [1.54, 1.807) is 7.11 Å². The molecule has 22 heavy (non-hydrogen) atoms. The minimum Gasteiger partial charge on any atom is -0.466 e. The van der Waals surface area contributed by atoms with Gasteiger partial charge in [-0.1, -0.05) is 30.3 Å². The Morgan fingerprint density at radius 2 is 2.00 bits per heavy atom. The van der Waals surface area contributed by atoms with E-state index in [9.17, 15) is 4.79 Å². The van der Waals surface area contributed by atoms with Crippen LogP contribution in [0.3, 0.4) is 0 Å². The second-order valence-electron chi connectivity index (χ2n) is 4.93. The van der Waals surface area contributed by atoms with Crippen LogP contribution in [-0.2, 0) is 14.3 Å². The van der Waals surface area contributed by atoms with Crippen molar-refractivity contribution in [2.45, 2.75) is 13.0 Å². The highest BCUT2D eigenvalue weighted by atomic mass is 32.1. The number of thiocarbonyl (C=S) groups is 1. The Kier molecular flexibility index (Phi) is 5.51.